The van der Waals surface area contributed by atoms with Crippen LogP contribution in [0.25, 0.3) is 0 Å². The quantitative estimate of drug-likeness (QED) is 0.313. The smallest absolute Gasteiger partial charge is 0.238 e. The summed E-state index contributed by atoms with van der Waals surface area (Å²) in [4.78, 5) is 11.7. The van der Waals surface area contributed by atoms with Gasteiger partial charge in [-0.1, -0.05) is 45.4 Å². The lowest BCUT2D eigenvalue weighted by Gasteiger charge is -2.24. The average molecular weight is 330 g/mol. The number of rotatable bonds is 8. The molecule has 1 rings (SSSR count). The van der Waals surface area contributed by atoms with Crippen LogP contribution in [0.15, 0.2) is 0 Å². The molecule has 6 heteroatoms. The molecule has 0 aliphatic heterocycles. The third-order valence-corrected chi connectivity index (χ3v) is 4.32. The Morgan fingerprint density at radius 2 is 1.91 bits per heavy atom. The molecule has 128 valence electrons. The maximum Gasteiger partial charge on any atom is 0.238 e. The highest BCUT2D eigenvalue weighted by Gasteiger charge is 2.14. The zero-order chi connectivity index (χ0) is 16.2. The van der Waals surface area contributed by atoms with Crippen LogP contribution in [-0.4, -0.2) is 28.3 Å². The van der Waals surface area contributed by atoms with Crippen LogP contribution in [0.1, 0.15) is 77.6 Å². The summed E-state index contributed by atoms with van der Waals surface area (Å²) in [6.45, 7) is 2.13. The number of amides is 1. The molecule has 5 nitrogen and oxygen atoms in total. The number of hydrazine groups is 1. The second-order valence-electron chi connectivity index (χ2n) is 6.17. The monoisotopic (exact) mass is 329 g/mol. The van der Waals surface area contributed by atoms with Gasteiger partial charge in [-0.3, -0.25) is 15.6 Å². The van der Waals surface area contributed by atoms with Crippen LogP contribution in [0.3, 0.4) is 0 Å². The number of hydrogen-bond acceptors (Lipinski definition) is 3. The summed E-state index contributed by atoms with van der Waals surface area (Å²) in [6.07, 6.45) is 10.6. The molecule has 1 aliphatic carbocycles. The summed E-state index contributed by atoms with van der Waals surface area (Å²) in [5.74, 6) is -0.137. The summed E-state index contributed by atoms with van der Waals surface area (Å²) in [6, 6.07) is 0.422. The molecule has 0 aromatic carbocycles. The third kappa shape index (κ3) is 9.20. The Hall–Kier alpha value is -0.880. The highest BCUT2D eigenvalue weighted by atomic mass is 32.1. The van der Waals surface area contributed by atoms with Crippen molar-refractivity contribution < 1.29 is 9.90 Å². The maximum atomic E-state index is 11.7. The number of thiocarbonyl (C=S) groups is 1. The second-order valence-corrected chi connectivity index (χ2v) is 6.58. The second kappa shape index (κ2) is 11.7. The maximum absolute atomic E-state index is 11.7. The van der Waals surface area contributed by atoms with Crippen LogP contribution in [0.2, 0.25) is 0 Å². The first-order valence-electron chi connectivity index (χ1n) is 8.65. The molecular weight excluding hydrogens is 298 g/mol. The number of nitrogens with one attached hydrogen (secondary N) is 3. The molecule has 0 heterocycles. The van der Waals surface area contributed by atoms with E-state index in [-0.39, 0.29) is 12.0 Å². The number of unbranched alkanes of at least 4 members (excludes halogenated alkanes) is 2. The van der Waals surface area contributed by atoms with Crippen molar-refractivity contribution in [3.8, 4) is 0 Å². The number of carbonyl (C=O) groups excluding carboxylic acids is 1. The first kappa shape index (κ1) is 19.2. The van der Waals surface area contributed by atoms with Crippen LogP contribution in [0, 0.1) is 0 Å². The molecule has 1 fully saturated rings. The van der Waals surface area contributed by atoms with Crippen LogP contribution < -0.4 is 16.2 Å². The molecule has 22 heavy (non-hydrogen) atoms. The zero-order valence-corrected chi connectivity index (χ0v) is 14.5. The molecule has 1 amide bonds. The Labute approximate surface area is 139 Å². The van der Waals surface area contributed by atoms with Gasteiger partial charge in [-0.25, -0.2) is 0 Å². The van der Waals surface area contributed by atoms with Crippen molar-refractivity contribution in [1.82, 2.24) is 16.2 Å². The lowest BCUT2D eigenvalue weighted by atomic mass is 9.96. The molecule has 1 aliphatic rings. The molecule has 0 aromatic rings. The van der Waals surface area contributed by atoms with Crippen LogP contribution in [0.4, 0.5) is 0 Å². The molecule has 0 saturated heterocycles. The van der Waals surface area contributed by atoms with E-state index in [1.165, 1.54) is 19.3 Å². The van der Waals surface area contributed by atoms with Crippen molar-refractivity contribution >= 4 is 23.2 Å². The first-order chi connectivity index (χ1) is 10.6. The van der Waals surface area contributed by atoms with E-state index >= 15 is 0 Å². The van der Waals surface area contributed by atoms with E-state index in [0.717, 1.165) is 38.5 Å². The highest BCUT2D eigenvalue weighted by Crippen LogP contribution is 2.17. The predicted molar refractivity (Wildman–Crippen MR) is 93.3 cm³/mol. The van der Waals surface area contributed by atoms with Gasteiger partial charge >= 0.3 is 0 Å². The van der Waals surface area contributed by atoms with Gasteiger partial charge in [0.2, 0.25) is 5.91 Å². The number of hydrogen-bond donors (Lipinski definition) is 4. The van der Waals surface area contributed by atoms with Crippen molar-refractivity contribution in [2.75, 3.05) is 0 Å². The van der Waals surface area contributed by atoms with E-state index in [4.69, 9.17) is 12.2 Å². The third-order valence-electron chi connectivity index (χ3n) is 4.10. The van der Waals surface area contributed by atoms with Gasteiger partial charge in [-0.15, -0.1) is 0 Å². The molecule has 0 bridgehead atoms. The van der Waals surface area contributed by atoms with Crippen molar-refractivity contribution in [2.24, 2.45) is 0 Å². The Kier molecular flexibility index (Phi) is 10.2. The Balaban J connectivity index is 2.05. The first-order valence-corrected chi connectivity index (χ1v) is 9.06. The molecule has 0 aromatic heterocycles. The van der Waals surface area contributed by atoms with E-state index in [1.807, 2.05) is 0 Å². The fourth-order valence-electron chi connectivity index (χ4n) is 2.73. The van der Waals surface area contributed by atoms with Gasteiger partial charge < -0.3 is 10.4 Å². The molecule has 4 N–H and O–H groups in total. The van der Waals surface area contributed by atoms with Crippen molar-refractivity contribution in [2.45, 2.75) is 89.7 Å². The molecule has 0 unspecified atom stereocenters. The van der Waals surface area contributed by atoms with Gasteiger partial charge in [0.15, 0.2) is 5.11 Å². The lowest BCUT2D eigenvalue weighted by molar-refractivity contribution is -0.122. The van der Waals surface area contributed by atoms with Crippen LogP contribution in [0.5, 0.6) is 0 Å². The number of carbonyl (C=O) groups is 1. The molecule has 1 atom stereocenters. The summed E-state index contributed by atoms with van der Waals surface area (Å²) >= 11 is 5.17. The summed E-state index contributed by atoms with van der Waals surface area (Å²) in [7, 11) is 0. The topological polar surface area (TPSA) is 73.4 Å². The minimum Gasteiger partial charge on any atom is -0.393 e. The van der Waals surface area contributed by atoms with Crippen molar-refractivity contribution in [3.63, 3.8) is 0 Å². The fourth-order valence-corrected chi connectivity index (χ4v) is 2.95. The van der Waals surface area contributed by atoms with E-state index in [0.29, 0.717) is 24.0 Å². The van der Waals surface area contributed by atoms with E-state index in [1.54, 1.807) is 0 Å². The number of aliphatic hydroxyl groups excluding tert-OH is 1. The largest absolute Gasteiger partial charge is 0.393 e. The summed E-state index contributed by atoms with van der Waals surface area (Å²) < 4.78 is 0. The minimum absolute atomic E-state index is 0.137. The number of aliphatic hydroxyl groups is 1. The van der Waals surface area contributed by atoms with Gasteiger partial charge in [0.25, 0.3) is 0 Å². The standard InChI is InChI=1S/C16H31N3O2S/c1-2-3-5-10-14(20)11-12-15(21)18-19-16(22)17-13-8-6-4-7-9-13/h13-14,20H,2-12H2,1H3,(H,18,21)(H2,17,19,22)/t14-/m1/s1. The molecule has 0 spiro atoms. The predicted octanol–water partition coefficient (Wildman–Crippen LogP) is 2.54. The van der Waals surface area contributed by atoms with Crippen molar-refractivity contribution in [1.29, 1.82) is 0 Å². The van der Waals surface area contributed by atoms with Gasteiger partial charge in [0.1, 0.15) is 0 Å². The van der Waals surface area contributed by atoms with Gasteiger partial charge in [0.05, 0.1) is 6.10 Å². The van der Waals surface area contributed by atoms with E-state index < -0.39 is 0 Å². The van der Waals surface area contributed by atoms with E-state index in [2.05, 4.69) is 23.1 Å². The molecular formula is C16H31N3O2S. The lowest BCUT2D eigenvalue weighted by Crippen LogP contribution is -2.50. The van der Waals surface area contributed by atoms with Gasteiger partial charge in [0, 0.05) is 12.5 Å². The van der Waals surface area contributed by atoms with Gasteiger partial charge in [-0.05, 0) is 37.9 Å². The normalized spacial score (nSPS) is 16.8. The Morgan fingerprint density at radius 3 is 2.59 bits per heavy atom. The summed E-state index contributed by atoms with van der Waals surface area (Å²) in [5, 5.41) is 13.5. The van der Waals surface area contributed by atoms with Crippen molar-refractivity contribution in [3.05, 3.63) is 0 Å². The van der Waals surface area contributed by atoms with Crippen LogP contribution >= 0.6 is 12.2 Å². The molecule has 1 saturated carbocycles. The Morgan fingerprint density at radius 1 is 1.18 bits per heavy atom. The van der Waals surface area contributed by atoms with Crippen LogP contribution in [-0.2, 0) is 4.79 Å². The minimum atomic E-state index is -0.385. The van der Waals surface area contributed by atoms with Gasteiger partial charge in [-0.2, -0.15) is 0 Å². The zero-order valence-electron chi connectivity index (χ0n) is 13.7. The highest BCUT2D eigenvalue weighted by molar-refractivity contribution is 7.80. The summed E-state index contributed by atoms with van der Waals surface area (Å²) in [5.41, 5.74) is 5.34. The fraction of sp³-hybridized carbons (Fsp3) is 0.875. The Bertz CT molecular complexity index is 333. The van der Waals surface area contributed by atoms with E-state index in [9.17, 15) is 9.90 Å². The SMILES string of the molecule is CCCCC[C@@H](O)CCC(=O)NNC(=S)NC1CCCCC1. The average Bonchev–Trinajstić information content (AvgIpc) is 2.52. The molecule has 0 radical (unpaired) electrons.